The summed E-state index contributed by atoms with van der Waals surface area (Å²) in [5.41, 5.74) is 1.90. The van der Waals surface area contributed by atoms with Gasteiger partial charge in [0.25, 0.3) is 5.91 Å². The minimum absolute atomic E-state index is 0.0354. The van der Waals surface area contributed by atoms with Crippen molar-refractivity contribution < 1.29 is 27.8 Å². The maximum Gasteiger partial charge on any atom is 0.341 e. The van der Waals surface area contributed by atoms with Crippen LogP contribution in [0.2, 0.25) is 0 Å². The molecule has 1 spiro atoms. The Morgan fingerprint density at radius 2 is 2.09 bits per heavy atom. The number of benzene rings is 1. The molecule has 2 aromatic rings. The number of esters is 1. The van der Waals surface area contributed by atoms with E-state index in [1.165, 1.54) is 0 Å². The molecule has 0 bridgehead atoms. The van der Waals surface area contributed by atoms with Crippen molar-refractivity contribution in [1.82, 2.24) is 15.1 Å². The summed E-state index contributed by atoms with van der Waals surface area (Å²) in [5, 5.41) is 7.72. The minimum Gasteiger partial charge on any atom is -0.462 e. The average Bonchev–Trinajstić information content (AvgIpc) is 3.07. The standard InChI is InChI=1S/C23H27F2N3O4/c1-2-28-20-17(13-23(14-26-21(20)29)7-10-31-11-8-23)19(27-28)4-3-9-32-22(30)16-12-15(24)5-6-18(16)25/h5-6,12H,2-4,7-11,13-14H2,1H3,(H,26,29). The monoisotopic (exact) mass is 447 g/mol. The molecule has 0 unspecified atom stereocenters. The van der Waals surface area contributed by atoms with E-state index in [0.29, 0.717) is 44.8 Å². The Hall–Kier alpha value is -2.81. The van der Waals surface area contributed by atoms with E-state index in [4.69, 9.17) is 9.47 Å². The van der Waals surface area contributed by atoms with Gasteiger partial charge < -0.3 is 14.8 Å². The van der Waals surface area contributed by atoms with Crippen LogP contribution in [0.1, 0.15) is 58.3 Å². The third-order valence-corrected chi connectivity index (χ3v) is 6.32. The summed E-state index contributed by atoms with van der Waals surface area (Å²) in [6.07, 6.45) is 3.45. The highest BCUT2D eigenvalue weighted by Gasteiger charge is 2.39. The smallest absolute Gasteiger partial charge is 0.341 e. The number of hydrogen-bond donors (Lipinski definition) is 1. The zero-order valence-corrected chi connectivity index (χ0v) is 18.1. The van der Waals surface area contributed by atoms with E-state index in [1.807, 2.05) is 6.92 Å². The van der Waals surface area contributed by atoms with E-state index in [1.54, 1.807) is 4.68 Å². The number of ether oxygens (including phenoxy) is 2. The van der Waals surface area contributed by atoms with E-state index in [-0.39, 0.29) is 17.9 Å². The quantitative estimate of drug-likeness (QED) is 0.544. The minimum atomic E-state index is -0.902. The van der Waals surface area contributed by atoms with Crippen molar-refractivity contribution in [3.63, 3.8) is 0 Å². The summed E-state index contributed by atoms with van der Waals surface area (Å²) in [6.45, 7) is 4.51. The number of nitrogens with zero attached hydrogens (tertiary/aromatic N) is 2. The zero-order valence-electron chi connectivity index (χ0n) is 18.1. The Bertz CT molecular complexity index is 1010. The van der Waals surface area contributed by atoms with E-state index in [0.717, 1.165) is 48.7 Å². The molecule has 1 saturated heterocycles. The number of aryl methyl sites for hydroxylation is 2. The van der Waals surface area contributed by atoms with Gasteiger partial charge in [0, 0.05) is 31.9 Å². The number of carbonyl (C=O) groups excluding carboxylic acids is 2. The highest BCUT2D eigenvalue weighted by atomic mass is 19.1. The summed E-state index contributed by atoms with van der Waals surface area (Å²) in [6, 6.07) is 2.67. The molecular weight excluding hydrogens is 420 g/mol. The molecule has 4 rings (SSSR count). The number of amides is 1. The van der Waals surface area contributed by atoms with Crippen molar-refractivity contribution in [3.05, 3.63) is 52.3 Å². The number of aromatic nitrogens is 2. The first-order valence-electron chi connectivity index (χ1n) is 11.0. The molecule has 1 N–H and O–H groups in total. The topological polar surface area (TPSA) is 82.5 Å². The molecule has 172 valence electrons. The molecule has 2 aliphatic heterocycles. The third-order valence-electron chi connectivity index (χ3n) is 6.32. The highest BCUT2D eigenvalue weighted by molar-refractivity contribution is 5.94. The Balaban J connectivity index is 1.46. The van der Waals surface area contributed by atoms with Crippen LogP contribution in [0.3, 0.4) is 0 Å². The maximum atomic E-state index is 13.7. The lowest BCUT2D eigenvalue weighted by molar-refractivity contribution is 0.0160. The summed E-state index contributed by atoms with van der Waals surface area (Å²) >= 11 is 0. The summed E-state index contributed by atoms with van der Waals surface area (Å²) in [5.74, 6) is -2.54. The van der Waals surface area contributed by atoms with Crippen LogP contribution >= 0.6 is 0 Å². The number of halogens is 2. The predicted octanol–water partition coefficient (Wildman–Crippen LogP) is 3.05. The lowest BCUT2D eigenvalue weighted by Crippen LogP contribution is -2.40. The van der Waals surface area contributed by atoms with Crippen molar-refractivity contribution >= 4 is 11.9 Å². The van der Waals surface area contributed by atoms with Crippen LogP contribution in [0.25, 0.3) is 0 Å². The molecule has 0 radical (unpaired) electrons. The van der Waals surface area contributed by atoms with Crippen molar-refractivity contribution in [1.29, 1.82) is 0 Å². The van der Waals surface area contributed by atoms with Crippen molar-refractivity contribution in [3.8, 4) is 0 Å². The van der Waals surface area contributed by atoms with E-state index in [2.05, 4.69) is 10.4 Å². The summed E-state index contributed by atoms with van der Waals surface area (Å²) in [4.78, 5) is 24.9. The molecule has 32 heavy (non-hydrogen) atoms. The van der Waals surface area contributed by atoms with Gasteiger partial charge in [-0.2, -0.15) is 5.10 Å². The van der Waals surface area contributed by atoms with Gasteiger partial charge in [0.1, 0.15) is 17.3 Å². The van der Waals surface area contributed by atoms with Crippen molar-refractivity contribution in [2.75, 3.05) is 26.4 Å². The molecule has 1 fully saturated rings. The zero-order chi connectivity index (χ0) is 22.7. The number of carbonyl (C=O) groups is 2. The van der Waals surface area contributed by atoms with Gasteiger partial charge in [-0.1, -0.05) is 0 Å². The second-order valence-electron chi connectivity index (χ2n) is 8.43. The van der Waals surface area contributed by atoms with Gasteiger partial charge in [-0.15, -0.1) is 0 Å². The van der Waals surface area contributed by atoms with Crippen LogP contribution in [0.15, 0.2) is 18.2 Å². The van der Waals surface area contributed by atoms with E-state index < -0.39 is 23.2 Å². The molecule has 2 aliphatic rings. The summed E-state index contributed by atoms with van der Waals surface area (Å²) in [7, 11) is 0. The van der Waals surface area contributed by atoms with Crippen LogP contribution in [0.5, 0.6) is 0 Å². The highest BCUT2D eigenvalue weighted by Crippen LogP contribution is 2.37. The first-order chi connectivity index (χ1) is 15.4. The molecule has 0 saturated carbocycles. The molecule has 1 aromatic carbocycles. The molecule has 1 amide bonds. The van der Waals surface area contributed by atoms with Crippen LogP contribution in [0, 0.1) is 17.0 Å². The maximum absolute atomic E-state index is 13.7. The first-order valence-corrected chi connectivity index (χ1v) is 11.0. The van der Waals surface area contributed by atoms with Crippen LogP contribution in [0.4, 0.5) is 8.78 Å². The SMILES string of the molecule is CCn1nc(CCCOC(=O)c2cc(F)ccc2F)c2c1C(=O)NCC1(CCOCC1)C2. The fraction of sp³-hybridized carbons (Fsp3) is 0.522. The van der Waals surface area contributed by atoms with Gasteiger partial charge in [-0.25, -0.2) is 13.6 Å². The predicted molar refractivity (Wildman–Crippen MR) is 111 cm³/mol. The van der Waals surface area contributed by atoms with Gasteiger partial charge in [0.05, 0.1) is 17.9 Å². The van der Waals surface area contributed by atoms with Gasteiger partial charge in [0.2, 0.25) is 0 Å². The molecule has 0 aliphatic carbocycles. The molecule has 7 nitrogen and oxygen atoms in total. The number of nitrogens with one attached hydrogen (secondary N) is 1. The Kier molecular flexibility index (Phi) is 6.55. The second kappa shape index (κ2) is 9.36. The van der Waals surface area contributed by atoms with Crippen LogP contribution in [-0.4, -0.2) is 48.0 Å². The molecule has 0 atom stereocenters. The molecule has 1 aromatic heterocycles. The lowest BCUT2D eigenvalue weighted by Gasteiger charge is -2.36. The largest absolute Gasteiger partial charge is 0.462 e. The third kappa shape index (κ3) is 4.53. The molecular formula is C23H27F2N3O4. The first kappa shape index (κ1) is 22.4. The number of rotatable bonds is 6. The fourth-order valence-corrected chi connectivity index (χ4v) is 4.50. The average molecular weight is 447 g/mol. The van der Waals surface area contributed by atoms with Crippen LogP contribution < -0.4 is 5.32 Å². The number of hydrogen-bond acceptors (Lipinski definition) is 5. The fourth-order valence-electron chi connectivity index (χ4n) is 4.50. The molecule has 9 heteroatoms. The normalized spacial score (nSPS) is 17.5. The summed E-state index contributed by atoms with van der Waals surface area (Å²) < 4.78 is 39.5. The Morgan fingerprint density at radius 3 is 2.84 bits per heavy atom. The van der Waals surface area contributed by atoms with Crippen molar-refractivity contribution in [2.24, 2.45) is 5.41 Å². The van der Waals surface area contributed by atoms with Crippen molar-refractivity contribution in [2.45, 2.75) is 45.6 Å². The van der Waals surface area contributed by atoms with Gasteiger partial charge >= 0.3 is 5.97 Å². The van der Waals surface area contributed by atoms with Gasteiger partial charge in [-0.05, 0) is 62.6 Å². The van der Waals surface area contributed by atoms with E-state index in [9.17, 15) is 18.4 Å². The van der Waals surface area contributed by atoms with E-state index >= 15 is 0 Å². The second-order valence-corrected chi connectivity index (χ2v) is 8.43. The number of fused-ring (bicyclic) bond motifs is 1. The Labute approximate surface area is 185 Å². The van der Waals surface area contributed by atoms with Crippen LogP contribution in [-0.2, 0) is 28.9 Å². The van der Waals surface area contributed by atoms with Gasteiger partial charge in [-0.3, -0.25) is 9.48 Å². The Morgan fingerprint density at radius 1 is 1.31 bits per heavy atom. The lowest BCUT2D eigenvalue weighted by atomic mass is 9.75. The van der Waals surface area contributed by atoms with Gasteiger partial charge in [0.15, 0.2) is 0 Å². The molecule has 3 heterocycles.